The number of hydrogen-bond acceptors (Lipinski definition) is 11. The number of amides is 5. The molecule has 0 saturated heterocycles. The molecule has 16 nitrogen and oxygen atoms in total. The van der Waals surface area contributed by atoms with Gasteiger partial charge in [-0.15, -0.1) is 0 Å². The van der Waals surface area contributed by atoms with Gasteiger partial charge in [0.25, 0.3) is 11.8 Å². The van der Waals surface area contributed by atoms with Crippen molar-refractivity contribution in [3.8, 4) is 23.0 Å². The summed E-state index contributed by atoms with van der Waals surface area (Å²) in [7, 11) is 3.04. The van der Waals surface area contributed by atoms with Crippen LogP contribution in [0, 0.1) is 0 Å². The first-order chi connectivity index (χ1) is 33.4. The van der Waals surface area contributed by atoms with Gasteiger partial charge in [0.15, 0.2) is 23.0 Å². The number of carbonyl (C=O) groups is 5. The molecular weight excluding hydrogens is 879 g/mol. The monoisotopic (exact) mass is 935 g/mol. The summed E-state index contributed by atoms with van der Waals surface area (Å²) < 4.78 is 24.5. The van der Waals surface area contributed by atoms with Crippen molar-refractivity contribution in [3.63, 3.8) is 0 Å². The second-order valence-corrected chi connectivity index (χ2v) is 17.9. The lowest BCUT2D eigenvalue weighted by molar-refractivity contribution is -0.130. The summed E-state index contributed by atoms with van der Waals surface area (Å²) in [5.74, 6) is 0.0770. The molecule has 0 spiro atoms. The fourth-order valence-electron chi connectivity index (χ4n) is 9.52. The van der Waals surface area contributed by atoms with Gasteiger partial charge in [0.2, 0.25) is 17.7 Å². The number of fused-ring (bicyclic) bond motifs is 8. The lowest BCUT2D eigenvalue weighted by Crippen LogP contribution is -2.50. The fraction of sp³-hybridized carbons (Fsp3) is 0.340. The van der Waals surface area contributed by atoms with Crippen molar-refractivity contribution < 1.29 is 42.9 Å². The molecule has 5 aromatic rings. The first kappa shape index (κ1) is 46.4. The average Bonchev–Trinajstić information content (AvgIpc) is 3.85. The Morgan fingerprint density at radius 1 is 0.652 bits per heavy atom. The molecule has 0 bridgehead atoms. The Bertz CT molecular complexity index is 2680. The average molecular weight is 936 g/mol. The SMILES string of the molecule is CCCCC(=O)N[C@@H](C)C(=O)N[C@@H](C)C(=O)Nc1cc(COc2cc3c(cc2OC)C(=O)N2c4ccccc4C[C@H]2CN3)cc(COc2cc3c(cc2OC)C(=O)N2c4ccccc4C[C@H]2CN3)c1. The highest BCUT2D eigenvalue weighted by Gasteiger charge is 2.39. The van der Waals surface area contributed by atoms with Crippen molar-refractivity contribution >= 4 is 58.0 Å². The van der Waals surface area contributed by atoms with E-state index < -0.39 is 23.9 Å². The fourth-order valence-corrected chi connectivity index (χ4v) is 9.52. The van der Waals surface area contributed by atoms with Gasteiger partial charge in [0, 0.05) is 48.7 Å². The third kappa shape index (κ3) is 9.56. The molecular formula is C53H57N7O9. The molecule has 16 heteroatoms. The molecule has 358 valence electrons. The lowest BCUT2D eigenvalue weighted by Gasteiger charge is -2.23. The van der Waals surface area contributed by atoms with Crippen LogP contribution in [-0.2, 0) is 40.4 Å². The van der Waals surface area contributed by atoms with Crippen LogP contribution < -0.4 is 55.3 Å². The quantitative estimate of drug-likeness (QED) is 0.0686. The Morgan fingerprint density at radius 3 is 1.64 bits per heavy atom. The minimum Gasteiger partial charge on any atom is -0.493 e. The Morgan fingerprint density at radius 2 is 1.14 bits per heavy atom. The Balaban J connectivity index is 0.956. The van der Waals surface area contributed by atoms with Crippen molar-refractivity contribution in [1.82, 2.24) is 10.6 Å². The second-order valence-electron chi connectivity index (χ2n) is 17.9. The molecule has 4 aliphatic heterocycles. The normalized spacial score (nSPS) is 17.1. The van der Waals surface area contributed by atoms with Crippen molar-refractivity contribution in [3.05, 3.63) is 124 Å². The molecule has 0 saturated carbocycles. The van der Waals surface area contributed by atoms with E-state index in [1.165, 1.54) is 14.2 Å². The Hall–Kier alpha value is -7.75. The predicted octanol–water partition coefficient (Wildman–Crippen LogP) is 6.99. The van der Waals surface area contributed by atoms with Crippen molar-refractivity contribution in [2.75, 3.05) is 53.1 Å². The highest BCUT2D eigenvalue weighted by atomic mass is 16.5. The third-order valence-electron chi connectivity index (χ3n) is 13.1. The standard InChI is InChI=1S/C53H57N7O9/c1-6-7-16-49(61)56-30(2)50(62)57-31(3)51(63)58-36-18-32(28-68-47-24-41-39(22-45(47)66-4)52(64)59-37(26-54-41)20-34-12-8-10-14-43(34)59)17-33(19-36)29-69-48-25-42-40(23-46(48)67-5)53(65)60-38(27-55-42)21-35-13-9-11-15-44(35)60/h8-15,17-19,22-25,30-31,37-38,54-55H,6-7,16,20-21,26-29H2,1-5H3,(H,56,61)(H,57,62)(H,58,63)/t30-,31-,37-,38-/m0/s1. The highest BCUT2D eigenvalue weighted by Crippen LogP contribution is 2.42. The van der Waals surface area contributed by atoms with E-state index in [9.17, 15) is 24.0 Å². The van der Waals surface area contributed by atoms with Crippen LogP contribution in [0.5, 0.6) is 23.0 Å². The molecule has 0 radical (unpaired) electrons. The van der Waals surface area contributed by atoms with E-state index in [-0.39, 0.29) is 43.0 Å². The molecule has 0 fully saturated rings. The summed E-state index contributed by atoms with van der Waals surface area (Å²) in [6, 6.07) is 26.4. The maximum atomic E-state index is 14.1. The van der Waals surface area contributed by atoms with Gasteiger partial charge in [-0.25, -0.2) is 0 Å². The molecule has 5 N–H and O–H groups in total. The van der Waals surface area contributed by atoms with E-state index in [4.69, 9.17) is 18.9 Å². The van der Waals surface area contributed by atoms with Crippen LogP contribution in [0.3, 0.4) is 0 Å². The van der Waals surface area contributed by atoms with Crippen LogP contribution in [-0.4, -0.2) is 81.0 Å². The summed E-state index contributed by atoms with van der Waals surface area (Å²) in [5, 5.41) is 15.3. The zero-order valence-electron chi connectivity index (χ0n) is 39.4. The summed E-state index contributed by atoms with van der Waals surface area (Å²) in [6.07, 6.45) is 3.35. The molecule has 4 aliphatic rings. The van der Waals surface area contributed by atoms with Crippen LogP contribution in [0.2, 0.25) is 0 Å². The maximum absolute atomic E-state index is 14.1. The number of unbranched alkanes of at least 4 members (excludes halogenated alkanes) is 1. The van der Waals surface area contributed by atoms with E-state index in [0.29, 0.717) is 88.2 Å². The van der Waals surface area contributed by atoms with Crippen LogP contribution in [0.15, 0.2) is 91.0 Å². The Kier molecular flexibility index (Phi) is 13.3. The van der Waals surface area contributed by atoms with Crippen molar-refractivity contribution in [2.45, 2.75) is 90.3 Å². The minimum absolute atomic E-state index is 0.0262. The van der Waals surface area contributed by atoms with E-state index in [2.05, 4.69) is 38.7 Å². The maximum Gasteiger partial charge on any atom is 0.260 e. The number of nitrogens with zero attached hydrogens (tertiary/aromatic N) is 2. The summed E-state index contributed by atoms with van der Waals surface area (Å²) in [5.41, 5.74) is 7.99. The molecule has 5 aromatic carbocycles. The number of carbonyl (C=O) groups excluding carboxylic acids is 5. The van der Waals surface area contributed by atoms with Crippen LogP contribution in [0.1, 0.15) is 83.0 Å². The first-order valence-electron chi connectivity index (χ1n) is 23.5. The van der Waals surface area contributed by atoms with Gasteiger partial charge in [-0.2, -0.15) is 0 Å². The van der Waals surface area contributed by atoms with Crippen molar-refractivity contribution in [1.29, 1.82) is 0 Å². The number of hydrogen-bond donors (Lipinski definition) is 5. The van der Waals surface area contributed by atoms with Crippen LogP contribution in [0.4, 0.5) is 28.4 Å². The number of nitrogens with one attached hydrogen (secondary N) is 5. The summed E-state index contributed by atoms with van der Waals surface area (Å²) in [4.78, 5) is 70.8. The lowest BCUT2D eigenvalue weighted by atomic mass is 10.1. The molecule has 0 aliphatic carbocycles. The predicted molar refractivity (Wildman–Crippen MR) is 263 cm³/mol. The Labute approximate surface area is 401 Å². The van der Waals surface area contributed by atoms with E-state index in [1.54, 1.807) is 50.2 Å². The minimum atomic E-state index is -0.959. The number of anilines is 5. The zero-order chi connectivity index (χ0) is 48.3. The number of benzene rings is 5. The highest BCUT2D eigenvalue weighted by molar-refractivity contribution is 6.13. The summed E-state index contributed by atoms with van der Waals surface area (Å²) >= 11 is 0. The van der Waals surface area contributed by atoms with Gasteiger partial charge in [-0.3, -0.25) is 24.0 Å². The van der Waals surface area contributed by atoms with Gasteiger partial charge >= 0.3 is 0 Å². The molecule has 0 aromatic heterocycles. The smallest absolute Gasteiger partial charge is 0.260 e. The summed E-state index contributed by atoms with van der Waals surface area (Å²) in [6.45, 7) is 6.26. The molecule has 69 heavy (non-hydrogen) atoms. The number of ether oxygens (including phenoxy) is 4. The van der Waals surface area contributed by atoms with Crippen molar-refractivity contribution in [2.24, 2.45) is 0 Å². The van der Waals surface area contributed by atoms with Gasteiger partial charge in [0.1, 0.15) is 25.3 Å². The topological polar surface area (TPSA) is 189 Å². The van der Waals surface area contributed by atoms with E-state index in [1.807, 2.05) is 59.2 Å². The van der Waals surface area contributed by atoms with Gasteiger partial charge in [0.05, 0.1) is 48.8 Å². The van der Waals surface area contributed by atoms with Gasteiger partial charge < -0.3 is 55.3 Å². The van der Waals surface area contributed by atoms with Crippen LogP contribution in [0.25, 0.3) is 0 Å². The molecule has 9 rings (SSSR count). The number of methoxy groups -OCH3 is 2. The molecule has 5 amide bonds. The molecule has 0 unspecified atom stereocenters. The number of rotatable bonds is 16. The second kappa shape index (κ2) is 19.8. The molecule has 4 heterocycles. The van der Waals surface area contributed by atoms with E-state index >= 15 is 0 Å². The van der Waals surface area contributed by atoms with Crippen LogP contribution >= 0.6 is 0 Å². The van der Waals surface area contributed by atoms with Gasteiger partial charge in [-0.05, 0) is 97.8 Å². The molecule has 4 atom stereocenters. The largest absolute Gasteiger partial charge is 0.493 e. The zero-order valence-corrected chi connectivity index (χ0v) is 39.4. The van der Waals surface area contributed by atoms with Gasteiger partial charge in [-0.1, -0.05) is 49.7 Å². The van der Waals surface area contributed by atoms with E-state index in [0.717, 1.165) is 41.8 Å². The first-order valence-corrected chi connectivity index (χ1v) is 23.5. The third-order valence-corrected chi connectivity index (χ3v) is 13.1. The number of para-hydroxylation sites is 2.